The lowest BCUT2D eigenvalue weighted by Gasteiger charge is -2.30. The van der Waals surface area contributed by atoms with Gasteiger partial charge in [-0.3, -0.25) is 9.59 Å². The van der Waals surface area contributed by atoms with Crippen LogP contribution in [0, 0.1) is 5.92 Å². The molecule has 5 heteroatoms. The molecule has 1 fully saturated rings. The summed E-state index contributed by atoms with van der Waals surface area (Å²) in [5, 5.41) is 2.88. The summed E-state index contributed by atoms with van der Waals surface area (Å²) in [6.07, 6.45) is 2.18. The summed E-state index contributed by atoms with van der Waals surface area (Å²) in [6.45, 7) is 3.96. The summed E-state index contributed by atoms with van der Waals surface area (Å²) in [5.74, 6) is 1.99. The quantitative estimate of drug-likeness (QED) is 0.804. The number of carbonyl (C=O) groups is 2. The highest BCUT2D eigenvalue weighted by Crippen LogP contribution is 2.19. The lowest BCUT2D eigenvalue weighted by Crippen LogP contribution is -2.37. The fourth-order valence-electron chi connectivity index (χ4n) is 3.12. The van der Waals surface area contributed by atoms with Crippen LogP contribution in [0.5, 0.6) is 0 Å². The fraction of sp³-hybridized carbons (Fsp3) is 0.364. The van der Waals surface area contributed by atoms with E-state index in [1.807, 2.05) is 59.5 Å². The highest BCUT2D eigenvalue weighted by molar-refractivity contribution is 7.99. The number of anilines is 1. The van der Waals surface area contributed by atoms with Crippen molar-refractivity contribution in [3.63, 3.8) is 0 Å². The van der Waals surface area contributed by atoms with Gasteiger partial charge in [0.05, 0.1) is 5.75 Å². The predicted molar refractivity (Wildman–Crippen MR) is 112 cm³/mol. The van der Waals surface area contributed by atoms with E-state index in [0.29, 0.717) is 11.7 Å². The Morgan fingerprint density at radius 3 is 2.37 bits per heavy atom. The molecule has 0 spiro atoms. The normalized spacial score (nSPS) is 14.8. The summed E-state index contributed by atoms with van der Waals surface area (Å²) in [6, 6.07) is 17.3. The first-order chi connectivity index (χ1) is 13.1. The van der Waals surface area contributed by atoms with Crippen LogP contribution in [0.3, 0.4) is 0 Å². The number of thioether (sulfide) groups is 1. The molecule has 142 valence electrons. The standard InChI is InChI=1S/C22H26N2O2S/c1-17-11-13-24(14-12-17)22(26)19-9-7-18(8-10-19)15-27-16-21(25)23-20-5-3-2-4-6-20/h2-10,17H,11-16H2,1H3,(H,23,25). The first-order valence-electron chi connectivity index (χ1n) is 9.42. The second kappa shape index (κ2) is 9.60. The van der Waals surface area contributed by atoms with Gasteiger partial charge in [-0.2, -0.15) is 0 Å². The number of carbonyl (C=O) groups excluding carboxylic acids is 2. The van der Waals surface area contributed by atoms with Crippen molar-refractivity contribution in [1.29, 1.82) is 0 Å². The van der Waals surface area contributed by atoms with E-state index in [4.69, 9.17) is 0 Å². The molecule has 27 heavy (non-hydrogen) atoms. The smallest absolute Gasteiger partial charge is 0.253 e. The third-order valence-corrected chi connectivity index (χ3v) is 5.83. The highest BCUT2D eigenvalue weighted by Gasteiger charge is 2.21. The van der Waals surface area contributed by atoms with E-state index < -0.39 is 0 Å². The largest absolute Gasteiger partial charge is 0.339 e. The Morgan fingerprint density at radius 2 is 1.70 bits per heavy atom. The first-order valence-corrected chi connectivity index (χ1v) is 10.6. The van der Waals surface area contributed by atoms with Gasteiger partial charge in [0.25, 0.3) is 5.91 Å². The summed E-state index contributed by atoms with van der Waals surface area (Å²) < 4.78 is 0. The predicted octanol–water partition coefficient (Wildman–Crippen LogP) is 4.43. The van der Waals surface area contributed by atoms with Crippen LogP contribution in [-0.2, 0) is 10.5 Å². The van der Waals surface area contributed by atoms with Crippen LogP contribution in [0.15, 0.2) is 54.6 Å². The molecule has 1 aliphatic heterocycles. The second-order valence-electron chi connectivity index (χ2n) is 7.08. The van der Waals surface area contributed by atoms with E-state index in [9.17, 15) is 9.59 Å². The maximum Gasteiger partial charge on any atom is 0.253 e. The van der Waals surface area contributed by atoms with Crippen LogP contribution in [0.1, 0.15) is 35.7 Å². The topological polar surface area (TPSA) is 49.4 Å². The third-order valence-electron chi connectivity index (χ3n) is 4.83. The van der Waals surface area contributed by atoms with E-state index in [1.54, 1.807) is 11.8 Å². The minimum Gasteiger partial charge on any atom is -0.339 e. The zero-order valence-electron chi connectivity index (χ0n) is 15.7. The average molecular weight is 383 g/mol. The van der Waals surface area contributed by atoms with Gasteiger partial charge in [0.1, 0.15) is 0 Å². The van der Waals surface area contributed by atoms with Gasteiger partial charge in [0.15, 0.2) is 0 Å². The molecule has 2 amide bonds. The second-order valence-corrected chi connectivity index (χ2v) is 8.06. The molecule has 2 aromatic carbocycles. The van der Waals surface area contributed by atoms with Crippen molar-refractivity contribution < 1.29 is 9.59 Å². The number of hydrogen-bond acceptors (Lipinski definition) is 3. The van der Waals surface area contributed by atoms with Crippen molar-refractivity contribution in [1.82, 2.24) is 4.90 Å². The van der Waals surface area contributed by atoms with Gasteiger partial charge < -0.3 is 10.2 Å². The summed E-state index contributed by atoms with van der Waals surface area (Å²) in [5.41, 5.74) is 2.69. The van der Waals surface area contributed by atoms with E-state index in [-0.39, 0.29) is 11.8 Å². The molecule has 0 saturated carbocycles. The van der Waals surface area contributed by atoms with Gasteiger partial charge in [-0.15, -0.1) is 11.8 Å². The molecule has 3 rings (SSSR count). The molecule has 1 aliphatic rings. The number of nitrogens with one attached hydrogen (secondary N) is 1. The van der Waals surface area contributed by atoms with Crippen molar-refractivity contribution in [3.8, 4) is 0 Å². The molecule has 2 aromatic rings. The molecule has 1 heterocycles. The van der Waals surface area contributed by atoms with E-state index in [0.717, 1.165) is 48.5 Å². The minimum atomic E-state index is -0.00248. The number of hydrogen-bond donors (Lipinski definition) is 1. The lowest BCUT2D eigenvalue weighted by molar-refractivity contribution is -0.113. The number of amides is 2. The van der Waals surface area contributed by atoms with Gasteiger partial charge in [-0.1, -0.05) is 37.3 Å². The van der Waals surface area contributed by atoms with Crippen LogP contribution in [0.2, 0.25) is 0 Å². The molecule has 1 saturated heterocycles. The van der Waals surface area contributed by atoms with Crippen molar-refractivity contribution in [2.24, 2.45) is 5.92 Å². The number of piperidine rings is 1. The molecule has 0 unspecified atom stereocenters. The minimum absolute atomic E-state index is 0.00248. The Balaban J connectivity index is 1.43. The Labute approximate surface area is 165 Å². The van der Waals surface area contributed by atoms with Crippen molar-refractivity contribution in [2.75, 3.05) is 24.2 Å². The molecule has 4 nitrogen and oxygen atoms in total. The van der Waals surface area contributed by atoms with Crippen LogP contribution in [-0.4, -0.2) is 35.6 Å². The Hall–Kier alpha value is -2.27. The number of likely N-dealkylation sites (tertiary alicyclic amines) is 1. The Bertz CT molecular complexity index is 754. The Morgan fingerprint density at radius 1 is 1.04 bits per heavy atom. The molecule has 0 radical (unpaired) electrons. The van der Waals surface area contributed by atoms with Gasteiger partial charge >= 0.3 is 0 Å². The van der Waals surface area contributed by atoms with E-state index in [2.05, 4.69) is 12.2 Å². The number of nitrogens with zero attached hydrogens (tertiary/aromatic N) is 1. The van der Waals surface area contributed by atoms with Gasteiger partial charge in [-0.25, -0.2) is 0 Å². The van der Waals surface area contributed by atoms with Crippen LogP contribution < -0.4 is 5.32 Å². The Kier molecular flexibility index (Phi) is 6.93. The zero-order valence-corrected chi connectivity index (χ0v) is 16.5. The van der Waals surface area contributed by atoms with E-state index >= 15 is 0 Å². The fourth-order valence-corrected chi connectivity index (χ4v) is 3.91. The molecule has 0 atom stereocenters. The number of benzene rings is 2. The molecule has 0 aromatic heterocycles. The van der Waals surface area contributed by atoms with Gasteiger partial charge in [0, 0.05) is 30.1 Å². The maximum atomic E-state index is 12.6. The summed E-state index contributed by atoms with van der Waals surface area (Å²) in [4.78, 5) is 26.5. The summed E-state index contributed by atoms with van der Waals surface area (Å²) in [7, 11) is 0. The first kappa shape index (κ1) is 19.5. The molecular formula is C22H26N2O2S. The highest BCUT2D eigenvalue weighted by atomic mass is 32.2. The maximum absolute atomic E-state index is 12.6. The molecule has 0 bridgehead atoms. The third kappa shape index (κ3) is 5.86. The van der Waals surface area contributed by atoms with Gasteiger partial charge in [0.2, 0.25) is 5.91 Å². The zero-order chi connectivity index (χ0) is 19.1. The summed E-state index contributed by atoms with van der Waals surface area (Å²) >= 11 is 1.57. The lowest BCUT2D eigenvalue weighted by atomic mass is 9.98. The van der Waals surface area contributed by atoms with Crippen LogP contribution in [0.25, 0.3) is 0 Å². The monoisotopic (exact) mass is 382 g/mol. The van der Waals surface area contributed by atoms with Gasteiger partial charge in [-0.05, 0) is 48.6 Å². The van der Waals surface area contributed by atoms with Crippen LogP contribution in [0.4, 0.5) is 5.69 Å². The number of para-hydroxylation sites is 1. The van der Waals surface area contributed by atoms with Crippen molar-refractivity contribution >= 4 is 29.3 Å². The number of rotatable bonds is 6. The molecule has 0 aliphatic carbocycles. The molecule has 1 N–H and O–H groups in total. The van der Waals surface area contributed by atoms with Crippen molar-refractivity contribution in [3.05, 3.63) is 65.7 Å². The van der Waals surface area contributed by atoms with Crippen LogP contribution >= 0.6 is 11.8 Å². The molecular weight excluding hydrogens is 356 g/mol. The van der Waals surface area contributed by atoms with Crippen molar-refractivity contribution in [2.45, 2.75) is 25.5 Å². The van der Waals surface area contributed by atoms with E-state index in [1.165, 1.54) is 0 Å². The average Bonchev–Trinajstić information content (AvgIpc) is 2.69. The SMILES string of the molecule is CC1CCN(C(=O)c2ccc(CSCC(=O)Nc3ccccc3)cc2)CC1.